The van der Waals surface area contributed by atoms with Crippen LogP contribution >= 0.6 is 0 Å². The molecule has 0 aliphatic heterocycles. The van der Waals surface area contributed by atoms with Gasteiger partial charge in [0, 0.05) is 13.1 Å². The highest BCUT2D eigenvalue weighted by atomic mass is 16.2. The van der Waals surface area contributed by atoms with Gasteiger partial charge < -0.3 is 15.4 Å². The van der Waals surface area contributed by atoms with Crippen molar-refractivity contribution in [1.82, 2.24) is 10.3 Å². The van der Waals surface area contributed by atoms with E-state index in [0.29, 0.717) is 6.29 Å². The summed E-state index contributed by atoms with van der Waals surface area (Å²) in [6.45, 7) is 4.21. The molecule has 22 heavy (non-hydrogen) atoms. The molecule has 0 unspecified atom stereocenters. The van der Waals surface area contributed by atoms with Crippen molar-refractivity contribution < 1.29 is 19.2 Å². The summed E-state index contributed by atoms with van der Waals surface area (Å²) < 4.78 is 0. The number of carbonyl (C=O) groups excluding carboxylic acids is 4. The smallest absolute Gasteiger partial charge is 0.252 e. The maximum atomic E-state index is 11.8. The number of hydrogen-bond acceptors (Lipinski definition) is 5. The molecule has 3 amide bonds. The van der Waals surface area contributed by atoms with Crippen LogP contribution in [-0.4, -0.2) is 42.1 Å². The van der Waals surface area contributed by atoms with Crippen LogP contribution in [-0.2, 0) is 19.2 Å². The number of amides is 3. The van der Waals surface area contributed by atoms with Crippen LogP contribution in [0.15, 0.2) is 31.0 Å². The largest absolute Gasteiger partial charge is 0.347 e. The van der Waals surface area contributed by atoms with E-state index in [1.165, 1.54) is 19.2 Å². The molecule has 1 rings (SSSR count). The second-order valence-electron chi connectivity index (χ2n) is 4.15. The fourth-order valence-electron chi connectivity index (χ4n) is 1.57. The minimum Gasteiger partial charge on any atom is -0.347 e. The van der Waals surface area contributed by atoms with Crippen molar-refractivity contribution in [2.45, 2.75) is 6.92 Å². The van der Waals surface area contributed by atoms with E-state index in [-0.39, 0.29) is 30.5 Å². The second-order valence-corrected chi connectivity index (χ2v) is 4.15. The SMILES string of the molecule is C=CC(=O)N(CC=O)c1ncccc1NC(=O)CNC(C)=O. The highest BCUT2D eigenvalue weighted by Gasteiger charge is 2.18. The van der Waals surface area contributed by atoms with Crippen LogP contribution in [0.3, 0.4) is 0 Å². The van der Waals surface area contributed by atoms with Gasteiger partial charge in [0.15, 0.2) is 5.82 Å². The number of aromatic nitrogens is 1. The van der Waals surface area contributed by atoms with Gasteiger partial charge in [0.2, 0.25) is 11.8 Å². The third kappa shape index (κ3) is 4.82. The first kappa shape index (κ1) is 17.0. The summed E-state index contributed by atoms with van der Waals surface area (Å²) in [5.41, 5.74) is 0.245. The standard InChI is InChI=1S/C14H16N4O4/c1-3-13(22)18(7-8-19)14-11(5-4-6-15-14)17-12(21)9-16-10(2)20/h3-6,8H,1,7,9H2,2H3,(H,16,20)(H,17,21). The number of hydrogen-bond donors (Lipinski definition) is 2. The highest BCUT2D eigenvalue weighted by Crippen LogP contribution is 2.22. The Morgan fingerprint density at radius 3 is 2.73 bits per heavy atom. The number of rotatable bonds is 7. The molecule has 0 spiro atoms. The van der Waals surface area contributed by atoms with Gasteiger partial charge >= 0.3 is 0 Å². The van der Waals surface area contributed by atoms with E-state index < -0.39 is 11.8 Å². The predicted molar refractivity (Wildman–Crippen MR) is 80.2 cm³/mol. The molecule has 0 aliphatic carbocycles. The number of nitrogens with zero attached hydrogens (tertiary/aromatic N) is 2. The zero-order valence-electron chi connectivity index (χ0n) is 12.0. The van der Waals surface area contributed by atoms with Crippen LogP contribution in [0, 0.1) is 0 Å². The molecule has 2 N–H and O–H groups in total. The van der Waals surface area contributed by atoms with E-state index in [9.17, 15) is 19.2 Å². The second kappa shape index (κ2) is 8.30. The Hall–Kier alpha value is -3.03. The molecular weight excluding hydrogens is 288 g/mol. The van der Waals surface area contributed by atoms with Crippen molar-refractivity contribution >= 4 is 35.5 Å². The Bertz CT molecular complexity index is 600. The summed E-state index contributed by atoms with van der Waals surface area (Å²) in [7, 11) is 0. The molecule has 8 heteroatoms. The molecule has 0 aromatic carbocycles. The molecular formula is C14H16N4O4. The summed E-state index contributed by atoms with van der Waals surface area (Å²) in [6.07, 6.45) is 3.01. The van der Waals surface area contributed by atoms with Crippen LogP contribution in [0.4, 0.5) is 11.5 Å². The zero-order chi connectivity index (χ0) is 16.5. The van der Waals surface area contributed by atoms with Gasteiger partial charge in [-0.1, -0.05) is 6.58 Å². The summed E-state index contributed by atoms with van der Waals surface area (Å²) in [5.74, 6) is -1.23. The lowest BCUT2D eigenvalue weighted by atomic mass is 10.3. The van der Waals surface area contributed by atoms with Gasteiger partial charge in [-0.3, -0.25) is 19.3 Å². The maximum Gasteiger partial charge on any atom is 0.252 e. The summed E-state index contributed by atoms with van der Waals surface area (Å²) in [4.78, 5) is 50.1. The normalized spacial score (nSPS) is 9.50. The van der Waals surface area contributed by atoms with Gasteiger partial charge in [-0.25, -0.2) is 4.98 Å². The Morgan fingerprint density at radius 1 is 1.41 bits per heavy atom. The number of carbonyl (C=O) groups is 4. The fourth-order valence-corrected chi connectivity index (χ4v) is 1.57. The third-order valence-corrected chi connectivity index (χ3v) is 2.51. The minimum absolute atomic E-state index is 0.121. The van der Waals surface area contributed by atoms with Crippen molar-refractivity contribution in [2.75, 3.05) is 23.3 Å². The lowest BCUT2D eigenvalue weighted by Crippen LogP contribution is -2.34. The number of nitrogens with one attached hydrogen (secondary N) is 2. The van der Waals surface area contributed by atoms with E-state index in [0.717, 1.165) is 11.0 Å². The molecule has 0 saturated heterocycles. The number of pyridine rings is 1. The maximum absolute atomic E-state index is 11.8. The Morgan fingerprint density at radius 2 is 2.14 bits per heavy atom. The van der Waals surface area contributed by atoms with E-state index in [4.69, 9.17) is 0 Å². The van der Waals surface area contributed by atoms with Crippen LogP contribution in [0.5, 0.6) is 0 Å². The van der Waals surface area contributed by atoms with Crippen LogP contribution < -0.4 is 15.5 Å². The molecule has 1 aromatic heterocycles. The first-order valence-electron chi connectivity index (χ1n) is 6.36. The van der Waals surface area contributed by atoms with E-state index in [1.54, 1.807) is 6.07 Å². The fraction of sp³-hybridized carbons (Fsp3) is 0.214. The van der Waals surface area contributed by atoms with E-state index >= 15 is 0 Å². The monoisotopic (exact) mass is 304 g/mol. The van der Waals surface area contributed by atoms with Gasteiger partial charge in [-0.05, 0) is 18.2 Å². The van der Waals surface area contributed by atoms with Crippen LogP contribution in [0.2, 0.25) is 0 Å². The topological polar surface area (TPSA) is 108 Å². The quantitative estimate of drug-likeness (QED) is 0.539. The number of aldehydes is 1. The van der Waals surface area contributed by atoms with Crippen LogP contribution in [0.25, 0.3) is 0 Å². The molecule has 116 valence electrons. The molecule has 0 bridgehead atoms. The lowest BCUT2D eigenvalue weighted by molar-refractivity contribution is -0.122. The average Bonchev–Trinajstić information content (AvgIpc) is 2.50. The first-order valence-corrected chi connectivity index (χ1v) is 6.36. The molecule has 0 saturated carbocycles. The van der Waals surface area contributed by atoms with Crippen molar-refractivity contribution in [3.8, 4) is 0 Å². The Balaban J connectivity index is 2.99. The molecule has 8 nitrogen and oxygen atoms in total. The first-order chi connectivity index (χ1) is 10.5. The van der Waals surface area contributed by atoms with Gasteiger partial charge in [-0.15, -0.1) is 0 Å². The Kier molecular flexibility index (Phi) is 6.42. The van der Waals surface area contributed by atoms with Crippen molar-refractivity contribution in [3.63, 3.8) is 0 Å². The molecule has 0 radical (unpaired) electrons. The molecule has 0 fully saturated rings. The lowest BCUT2D eigenvalue weighted by Gasteiger charge is -2.20. The van der Waals surface area contributed by atoms with E-state index in [1.807, 2.05) is 0 Å². The Labute approximate surface area is 127 Å². The highest BCUT2D eigenvalue weighted by molar-refractivity contribution is 6.06. The van der Waals surface area contributed by atoms with Gasteiger partial charge in [0.25, 0.3) is 5.91 Å². The molecule has 1 heterocycles. The number of anilines is 2. The average molecular weight is 304 g/mol. The summed E-state index contributed by atoms with van der Waals surface area (Å²) >= 11 is 0. The van der Waals surface area contributed by atoms with E-state index in [2.05, 4.69) is 22.2 Å². The minimum atomic E-state index is -0.525. The third-order valence-electron chi connectivity index (χ3n) is 2.51. The van der Waals surface area contributed by atoms with Crippen molar-refractivity contribution in [3.05, 3.63) is 31.0 Å². The van der Waals surface area contributed by atoms with Gasteiger partial charge in [0.05, 0.1) is 18.8 Å². The molecule has 1 aromatic rings. The molecule has 0 atom stereocenters. The predicted octanol–water partition coefficient (Wildman–Crippen LogP) is -0.126. The summed E-state index contributed by atoms with van der Waals surface area (Å²) in [5, 5.41) is 4.87. The van der Waals surface area contributed by atoms with Gasteiger partial charge in [0.1, 0.15) is 6.29 Å². The summed E-state index contributed by atoms with van der Waals surface area (Å²) in [6, 6.07) is 3.09. The van der Waals surface area contributed by atoms with Gasteiger partial charge in [-0.2, -0.15) is 0 Å². The van der Waals surface area contributed by atoms with Crippen molar-refractivity contribution in [2.24, 2.45) is 0 Å². The van der Waals surface area contributed by atoms with Crippen LogP contribution in [0.1, 0.15) is 6.92 Å². The molecule has 0 aliphatic rings. The van der Waals surface area contributed by atoms with Crippen molar-refractivity contribution in [1.29, 1.82) is 0 Å². The zero-order valence-corrected chi connectivity index (χ0v) is 12.0.